The predicted molar refractivity (Wildman–Crippen MR) is 71.2 cm³/mol. The van der Waals surface area contributed by atoms with Gasteiger partial charge in [0.25, 0.3) is 0 Å². The molecule has 2 N–H and O–H groups in total. The van der Waals surface area contributed by atoms with Gasteiger partial charge in [-0.2, -0.15) is 0 Å². The first-order valence-corrected chi connectivity index (χ1v) is 6.40. The summed E-state index contributed by atoms with van der Waals surface area (Å²) in [6.07, 6.45) is 0.119. The molecule has 0 radical (unpaired) electrons. The van der Waals surface area contributed by atoms with Crippen LogP contribution in [-0.2, 0) is 4.79 Å². The SMILES string of the molecule is CN(C(=O)C1CCC(F)(F)CC1)c1ccc(N)cc1. The van der Waals surface area contributed by atoms with Crippen molar-refractivity contribution in [1.82, 2.24) is 0 Å². The minimum atomic E-state index is -2.60. The Kier molecular flexibility index (Phi) is 3.73. The van der Waals surface area contributed by atoms with Crippen LogP contribution in [0.2, 0.25) is 0 Å². The highest BCUT2D eigenvalue weighted by Crippen LogP contribution is 2.37. The Morgan fingerprint density at radius 1 is 1.26 bits per heavy atom. The van der Waals surface area contributed by atoms with Crippen molar-refractivity contribution >= 4 is 17.3 Å². The first-order valence-electron chi connectivity index (χ1n) is 6.40. The van der Waals surface area contributed by atoms with Gasteiger partial charge in [-0.05, 0) is 37.1 Å². The summed E-state index contributed by atoms with van der Waals surface area (Å²) in [5, 5.41) is 0. The molecule has 19 heavy (non-hydrogen) atoms. The molecule has 2 rings (SSSR count). The molecule has 0 aromatic heterocycles. The van der Waals surface area contributed by atoms with Crippen molar-refractivity contribution in [2.75, 3.05) is 17.7 Å². The normalized spacial score (nSPS) is 19.1. The summed E-state index contributed by atoms with van der Waals surface area (Å²) in [5.41, 5.74) is 6.95. The molecule has 1 aliphatic carbocycles. The van der Waals surface area contributed by atoms with Crippen LogP contribution >= 0.6 is 0 Å². The summed E-state index contributed by atoms with van der Waals surface area (Å²) in [7, 11) is 1.67. The lowest BCUT2D eigenvalue weighted by molar-refractivity contribution is -0.126. The summed E-state index contributed by atoms with van der Waals surface area (Å²) in [5.74, 6) is -3.00. The zero-order valence-corrected chi connectivity index (χ0v) is 10.9. The van der Waals surface area contributed by atoms with Crippen molar-refractivity contribution in [3.8, 4) is 0 Å². The maximum absolute atomic E-state index is 13.1. The number of halogens is 2. The summed E-state index contributed by atoms with van der Waals surface area (Å²) < 4.78 is 26.1. The van der Waals surface area contributed by atoms with E-state index in [0.717, 1.165) is 5.69 Å². The average molecular weight is 268 g/mol. The Morgan fingerprint density at radius 3 is 2.32 bits per heavy atom. The van der Waals surface area contributed by atoms with Crippen molar-refractivity contribution in [3.63, 3.8) is 0 Å². The van der Waals surface area contributed by atoms with Crippen molar-refractivity contribution in [2.45, 2.75) is 31.6 Å². The average Bonchev–Trinajstić information content (AvgIpc) is 2.38. The Morgan fingerprint density at radius 2 is 1.79 bits per heavy atom. The molecular formula is C14H18F2N2O. The summed E-state index contributed by atoms with van der Waals surface area (Å²) in [6.45, 7) is 0. The van der Waals surface area contributed by atoms with Gasteiger partial charge in [0.2, 0.25) is 11.8 Å². The molecule has 3 nitrogen and oxygen atoms in total. The van der Waals surface area contributed by atoms with Gasteiger partial charge in [0, 0.05) is 37.2 Å². The molecule has 1 aromatic carbocycles. The van der Waals surface area contributed by atoms with Crippen LogP contribution in [0, 0.1) is 5.92 Å². The van der Waals surface area contributed by atoms with E-state index in [1.54, 1.807) is 31.3 Å². The molecule has 0 atom stereocenters. The van der Waals surface area contributed by atoms with Crippen molar-refractivity contribution in [3.05, 3.63) is 24.3 Å². The molecule has 0 unspecified atom stereocenters. The Labute approximate surface area is 111 Å². The molecule has 1 fully saturated rings. The summed E-state index contributed by atoms with van der Waals surface area (Å²) in [6, 6.07) is 6.94. The smallest absolute Gasteiger partial charge is 0.248 e. The van der Waals surface area contributed by atoms with E-state index in [1.165, 1.54) is 4.90 Å². The highest BCUT2D eigenvalue weighted by Gasteiger charge is 2.38. The number of nitrogens with zero attached hydrogens (tertiary/aromatic N) is 1. The summed E-state index contributed by atoms with van der Waals surface area (Å²) >= 11 is 0. The van der Waals surface area contributed by atoms with Gasteiger partial charge in [-0.25, -0.2) is 8.78 Å². The summed E-state index contributed by atoms with van der Waals surface area (Å²) in [4.78, 5) is 13.8. The second-order valence-corrected chi connectivity index (χ2v) is 5.12. The van der Waals surface area contributed by atoms with Gasteiger partial charge in [0.1, 0.15) is 0 Å². The van der Waals surface area contributed by atoms with E-state index in [2.05, 4.69) is 0 Å². The number of carbonyl (C=O) groups is 1. The van der Waals surface area contributed by atoms with Crippen LogP contribution in [-0.4, -0.2) is 18.9 Å². The standard InChI is InChI=1S/C14H18F2N2O/c1-18(12-4-2-11(17)3-5-12)13(19)10-6-8-14(15,16)9-7-10/h2-5,10H,6-9,17H2,1H3. The van der Waals surface area contributed by atoms with E-state index < -0.39 is 5.92 Å². The van der Waals surface area contributed by atoms with E-state index in [9.17, 15) is 13.6 Å². The van der Waals surface area contributed by atoms with Crippen LogP contribution in [0.25, 0.3) is 0 Å². The molecule has 0 bridgehead atoms. The van der Waals surface area contributed by atoms with Crippen LogP contribution in [0.3, 0.4) is 0 Å². The van der Waals surface area contributed by atoms with Crippen LogP contribution in [0.15, 0.2) is 24.3 Å². The molecule has 0 saturated heterocycles. The highest BCUT2D eigenvalue weighted by atomic mass is 19.3. The molecule has 5 heteroatoms. The number of rotatable bonds is 2. The van der Waals surface area contributed by atoms with Gasteiger partial charge in [-0.3, -0.25) is 4.79 Å². The van der Waals surface area contributed by atoms with Gasteiger partial charge in [-0.15, -0.1) is 0 Å². The highest BCUT2D eigenvalue weighted by molar-refractivity contribution is 5.94. The fraction of sp³-hybridized carbons (Fsp3) is 0.500. The van der Waals surface area contributed by atoms with E-state index in [4.69, 9.17) is 5.73 Å². The van der Waals surface area contributed by atoms with E-state index >= 15 is 0 Å². The molecule has 1 amide bonds. The second-order valence-electron chi connectivity index (χ2n) is 5.12. The molecule has 1 aliphatic rings. The molecule has 1 saturated carbocycles. The first-order chi connectivity index (χ1) is 8.89. The van der Waals surface area contributed by atoms with Crippen molar-refractivity contribution in [1.29, 1.82) is 0 Å². The second kappa shape index (κ2) is 5.15. The van der Waals surface area contributed by atoms with Crippen molar-refractivity contribution < 1.29 is 13.6 Å². The zero-order valence-electron chi connectivity index (χ0n) is 10.9. The number of nitrogens with two attached hydrogens (primary N) is 1. The lowest BCUT2D eigenvalue weighted by atomic mass is 9.86. The first kappa shape index (κ1) is 13.8. The number of hydrogen-bond acceptors (Lipinski definition) is 2. The molecule has 1 aromatic rings. The number of hydrogen-bond donors (Lipinski definition) is 1. The van der Waals surface area contributed by atoms with E-state index in [0.29, 0.717) is 5.69 Å². The molecule has 0 spiro atoms. The van der Waals surface area contributed by atoms with Crippen LogP contribution < -0.4 is 10.6 Å². The predicted octanol–water partition coefficient (Wildman–Crippen LogP) is 3.06. The molecule has 104 valence electrons. The number of amides is 1. The van der Waals surface area contributed by atoms with E-state index in [-0.39, 0.29) is 37.5 Å². The third-order valence-corrected chi connectivity index (χ3v) is 3.68. The minimum absolute atomic E-state index is 0.0970. The Bertz CT molecular complexity index is 449. The van der Waals surface area contributed by atoms with Crippen molar-refractivity contribution in [2.24, 2.45) is 5.92 Å². The van der Waals surface area contributed by atoms with Gasteiger partial charge >= 0.3 is 0 Å². The Hall–Kier alpha value is -1.65. The molecule has 0 aliphatic heterocycles. The molecular weight excluding hydrogens is 250 g/mol. The van der Waals surface area contributed by atoms with Crippen LogP contribution in [0.1, 0.15) is 25.7 Å². The maximum atomic E-state index is 13.1. The van der Waals surface area contributed by atoms with Gasteiger partial charge in [0.15, 0.2) is 0 Å². The number of nitrogen functional groups attached to an aromatic ring is 1. The monoisotopic (exact) mass is 268 g/mol. The number of alkyl halides is 2. The number of benzene rings is 1. The topological polar surface area (TPSA) is 46.3 Å². The third-order valence-electron chi connectivity index (χ3n) is 3.68. The lowest BCUT2D eigenvalue weighted by Crippen LogP contribution is -2.37. The number of anilines is 2. The quantitative estimate of drug-likeness (QED) is 0.838. The maximum Gasteiger partial charge on any atom is 0.248 e. The third kappa shape index (κ3) is 3.22. The molecule has 0 heterocycles. The largest absolute Gasteiger partial charge is 0.399 e. The van der Waals surface area contributed by atoms with E-state index in [1.807, 2.05) is 0 Å². The van der Waals surface area contributed by atoms with Gasteiger partial charge < -0.3 is 10.6 Å². The Balaban J connectivity index is 2.02. The lowest BCUT2D eigenvalue weighted by Gasteiger charge is -2.30. The fourth-order valence-corrected chi connectivity index (χ4v) is 2.39. The fourth-order valence-electron chi connectivity index (χ4n) is 2.39. The van der Waals surface area contributed by atoms with Gasteiger partial charge in [-0.1, -0.05) is 0 Å². The van der Waals surface area contributed by atoms with Crippen LogP contribution in [0.5, 0.6) is 0 Å². The zero-order chi connectivity index (χ0) is 14.0. The van der Waals surface area contributed by atoms with Gasteiger partial charge in [0.05, 0.1) is 0 Å². The van der Waals surface area contributed by atoms with Crippen LogP contribution in [0.4, 0.5) is 20.2 Å². The minimum Gasteiger partial charge on any atom is -0.399 e. The number of carbonyl (C=O) groups excluding carboxylic acids is 1.